The predicted molar refractivity (Wildman–Crippen MR) is 65.5 cm³/mol. The van der Waals surface area contributed by atoms with E-state index in [0.29, 0.717) is 12.1 Å². The summed E-state index contributed by atoms with van der Waals surface area (Å²) in [5.74, 6) is -0.688. The van der Waals surface area contributed by atoms with Crippen LogP contribution in [0.3, 0.4) is 0 Å². The van der Waals surface area contributed by atoms with Gasteiger partial charge in [-0.15, -0.1) is 0 Å². The molecule has 2 atom stereocenters. The van der Waals surface area contributed by atoms with Crippen molar-refractivity contribution in [3.05, 3.63) is 0 Å². The van der Waals surface area contributed by atoms with E-state index >= 15 is 0 Å². The van der Waals surface area contributed by atoms with Gasteiger partial charge in [0, 0.05) is 12.1 Å². The molecule has 3 heteroatoms. The van der Waals surface area contributed by atoms with Crippen LogP contribution in [0.5, 0.6) is 0 Å². The molecule has 1 fully saturated rings. The molecule has 0 amide bonds. The molecule has 0 spiro atoms. The third-order valence-electron chi connectivity index (χ3n) is 4.00. The van der Waals surface area contributed by atoms with Crippen LogP contribution in [0.1, 0.15) is 53.4 Å². The molecule has 1 saturated heterocycles. The van der Waals surface area contributed by atoms with Crippen LogP contribution in [0.2, 0.25) is 0 Å². The number of carbonyl (C=O) groups is 1. The highest BCUT2D eigenvalue weighted by atomic mass is 16.4. The number of hydrogen-bond acceptors (Lipinski definition) is 2. The molecular formula is C13H25NO2. The van der Waals surface area contributed by atoms with Crippen molar-refractivity contribution in [3.63, 3.8) is 0 Å². The van der Waals surface area contributed by atoms with Crippen molar-refractivity contribution in [1.29, 1.82) is 0 Å². The van der Waals surface area contributed by atoms with Gasteiger partial charge in [-0.3, -0.25) is 9.69 Å². The molecule has 0 bridgehead atoms. The monoisotopic (exact) mass is 227 g/mol. The van der Waals surface area contributed by atoms with E-state index in [-0.39, 0.29) is 0 Å². The van der Waals surface area contributed by atoms with Gasteiger partial charge in [-0.1, -0.05) is 6.92 Å². The average Bonchev–Trinajstić information content (AvgIpc) is 2.56. The number of hydrogen-bond donors (Lipinski definition) is 1. The summed E-state index contributed by atoms with van der Waals surface area (Å²) in [4.78, 5) is 13.5. The molecule has 0 aromatic rings. The number of carboxylic acid groups (broad SMARTS) is 1. The lowest BCUT2D eigenvalue weighted by Crippen LogP contribution is -2.38. The van der Waals surface area contributed by atoms with Crippen LogP contribution in [-0.2, 0) is 4.79 Å². The fraction of sp³-hybridized carbons (Fsp3) is 0.923. The minimum absolute atomic E-state index is 0.597. The molecule has 1 N–H and O–H groups in total. The molecule has 1 heterocycles. The maximum Gasteiger partial charge on any atom is 0.309 e. The highest BCUT2D eigenvalue weighted by molar-refractivity contribution is 5.73. The third-order valence-corrected chi connectivity index (χ3v) is 4.00. The Morgan fingerprint density at radius 3 is 2.56 bits per heavy atom. The van der Waals surface area contributed by atoms with E-state index in [0.717, 1.165) is 13.0 Å². The Hall–Kier alpha value is -0.570. The predicted octanol–water partition coefficient (Wildman–Crippen LogP) is 2.75. The summed E-state index contributed by atoms with van der Waals surface area (Å²) in [6.07, 6.45) is 4.44. The van der Waals surface area contributed by atoms with Crippen LogP contribution in [0.15, 0.2) is 0 Å². The minimum Gasteiger partial charge on any atom is -0.481 e. The van der Waals surface area contributed by atoms with Crippen LogP contribution in [-0.4, -0.2) is 34.6 Å². The summed E-state index contributed by atoms with van der Waals surface area (Å²) in [5, 5.41) is 9.09. The zero-order valence-electron chi connectivity index (χ0n) is 11.0. The lowest BCUT2D eigenvalue weighted by molar-refractivity contribution is -0.147. The van der Waals surface area contributed by atoms with Gasteiger partial charge < -0.3 is 5.11 Å². The lowest BCUT2D eigenvalue weighted by atomic mass is 9.89. The van der Waals surface area contributed by atoms with Crippen molar-refractivity contribution in [2.24, 2.45) is 5.41 Å². The van der Waals surface area contributed by atoms with E-state index in [1.165, 1.54) is 19.3 Å². The van der Waals surface area contributed by atoms with Gasteiger partial charge >= 0.3 is 5.97 Å². The van der Waals surface area contributed by atoms with Gasteiger partial charge in [0.15, 0.2) is 0 Å². The molecule has 1 rings (SSSR count). The molecule has 0 aromatic heterocycles. The van der Waals surface area contributed by atoms with Gasteiger partial charge in [-0.2, -0.15) is 0 Å². The van der Waals surface area contributed by atoms with Crippen LogP contribution >= 0.6 is 0 Å². The number of aliphatic carboxylic acids is 1. The number of nitrogens with zero attached hydrogens (tertiary/aromatic N) is 1. The summed E-state index contributed by atoms with van der Waals surface area (Å²) in [7, 11) is 0. The molecule has 1 aliphatic rings. The summed E-state index contributed by atoms with van der Waals surface area (Å²) >= 11 is 0. The fourth-order valence-electron chi connectivity index (χ4n) is 2.48. The van der Waals surface area contributed by atoms with E-state index < -0.39 is 11.4 Å². The Morgan fingerprint density at radius 1 is 1.44 bits per heavy atom. The van der Waals surface area contributed by atoms with Crippen molar-refractivity contribution in [1.82, 2.24) is 4.90 Å². The smallest absolute Gasteiger partial charge is 0.309 e. The average molecular weight is 227 g/mol. The second-order valence-electron chi connectivity index (χ2n) is 5.67. The number of likely N-dealkylation sites (tertiary alicyclic amines) is 1. The van der Waals surface area contributed by atoms with Gasteiger partial charge in [0.05, 0.1) is 5.41 Å². The molecule has 0 saturated carbocycles. The maximum atomic E-state index is 11.0. The lowest BCUT2D eigenvalue weighted by Gasteiger charge is -2.30. The van der Waals surface area contributed by atoms with Crippen LogP contribution in [0.4, 0.5) is 0 Å². The zero-order chi connectivity index (χ0) is 12.3. The first kappa shape index (κ1) is 13.5. The minimum atomic E-state index is -0.688. The Morgan fingerprint density at radius 2 is 2.06 bits per heavy atom. The largest absolute Gasteiger partial charge is 0.481 e. The molecule has 94 valence electrons. The highest BCUT2D eigenvalue weighted by Crippen LogP contribution is 2.29. The Kier molecular flexibility index (Phi) is 4.36. The van der Waals surface area contributed by atoms with Crippen LogP contribution < -0.4 is 0 Å². The Labute approximate surface area is 98.8 Å². The first-order chi connectivity index (χ1) is 7.38. The second-order valence-corrected chi connectivity index (χ2v) is 5.67. The van der Waals surface area contributed by atoms with Crippen molar-refractivity contribution < 1.29 is 9.90 Å². The van der Waals surface area contributed by atoms with E-state index in [1.54, 1.807) is 0 Å². The molecular weight excluding hydrogens is 202 g/mol. The molecule has 0 aliphatic carbocycles. The van der Waals surface area contributed by atoms with Crippen molar-refractivity contribution >= 4 is 5.97 Å². The summed E-state index contributed by atoms with van der Waals surface area (Å²) in [6.45, 7) is 9.02. The van der Waals surface area contributed by atoms with Crippen molar-refractivity contribution in [2.45, 2.75) is 65.5 Å². The summed E-state index contributed by atoms with van der Waals surface area (Å²) < 4.78 is 0. The van der Waals surface area contributed by atoms with Crippen LogP contribution in [0.25, 0.3) is 0 Å². The molecule has 0 radical (unpaired) electrons. The number of carboxylic acids is 1. The first-order valence-corrected chi connectivity index (χ1v) is 6.37. The van der Waals surface area contributed by atoms with E-state index in [2.05, 4.69) is 18.7 Å². The highest BCUT2D eigenvalue weighted by Gasteiger charge is 2.33. The van der Waals surface area contributed by atoms with Gasteiger partial charge in [-0.05, 0) is 53.0 Å². The zero-order valence-corrected chi connectivity index (χ0v) is 11.0. The molecule has 16 heavy (non-hydrogen) atoms. The second kappa shape index (κ2) is 5.17. The molecule has 0 aromatic carbocycles. The summed E-state index contributed by atoms with van der Waals surface area (Å²) in [6, 6.07) is 1.29. The molecule has 1 aliphatic heterocycles. The first-order valence-electron chi connectivity index (χ1n) is 6.37. The van der Waals surface area contributed by atoms with Gasteiger partial charge in [0.25, 0.3) is 0 Å². The van der Waals surface area contributed by atoms with Crippen molar-refractivity contribution in [3.8, 4) is 0 Å². The van der Waals surface area contributed by atoms with Gasteiger partial charge in [-0.25, -0.2) is 0 Å². The van der Waals surface area contributed by atoms with Crippen LogP contribution in [0, 0.1) is 5.41 Å². The topological polar surface area (TPSA) is 40.5 Å². The quantitative estimate of drug-likeness (QED) is 0.785. The van der Waals surface area contributed by atoms with Gasteiger partial charge in [0.2, 0.25) is 0 Å². The Bertz CT molecular complexity index is 250. The van der Waals surface area contributed by atoms with Gasteiger partial charge in [0.1, 0.15) is 0 Å². The number of rotatable bonds is 5. The SMILES string of the molecule is CCC1CCC(C)N1CCC(C)(C)C(=O)O. The van der Waals surface area contributed by atoms with E-state index in [9.17, 15) is 4.79 Å². The van der Waals surface area contributed by atoms with E-state index in [4.69, 9.17) is 5.11 Å². The van der Waals surface area contributed by atoms with E-state index in [1.807, 2.05) is 13.8 Å². The fourth-order valence-corrected chi connectivity index (χ4v) is 2.48. The standard InChI is InChI=1S/C13H25NO2/c1-5-11-7-6-10(2)14(11)9-8-13(3,4)12(15)16/h10-11H,5-9H2,1-4H3,(H,15,16). The molecule has 2 unspecified atom stereocenters. The summed E-state index contributed by atoms with van der Waals surface area (Å²) in [5.41, 5.74) is -0.597. The normalized spacial score (nSPS) is 27.2. The third kappa shape index (κ3) is 2.97. The maximum absolute atomic E-state index is 11.0. The Balaban J connectivity index is 2.50. The van der Waals surface area contributed by atoms with Crippen molar-refractivity contribution in [2.75, 3.05) is 6.54 Å². The molecule has 3 nitrogen and oxygen atoms in total.